The number of benzene rings is 3. The number of carbonyl (C=O) groups excluding carboxylic acids is 1. The minimum atomic E-state index is -0.0932. The molecule has 27 heavy (non-hydrogen) atoms. The summed E-state index contributed by atoms with van der Waals surface area (Å²) < 4.78 is 11.6. The Morgan fingerprint density at radius 1 is 1.04 bits per heavy atom. The van der Waals surface area contributed by atoms with E-state index in [9.17, 15) is 4.79 Å². The highest BCUT2D eigenvalue weighted by Crippen LogP contribution is 2.36. The van der Waals surface area contributed by atoms with Crippen molar-refractivity contribution in [1.82, 2.24) is 4.98 Å². The Labute approximate surface area is 160 Å². The molecule has 1 amide bonds. The summed E-state index contributed by atoms with van der Waals surface area (Å²) in [5, 5.41) is 5.69. The van der Waals surface area contributed by atoms with Crippen LogP contribution in [0.15, 0.2) is 54.6 Å². The first-order valence-corrected chi connectivity index (χ1v) is 9.28. The lowest BCUT2D eigenvalue weighted by atomic mass is 10.0. The van der Waals surface area contributed by atoms with Gasteiger partial charge in [0.1, 0.15) is 0 Å². The summed E-state index contributed by atoms with van der Waals surface area (Å²) in [6.07, 6.45) is 0.296. The fourth-order valence-corrected chi connectivity index (χ4v) is 3.98. The highest BCUT2D eigenvalue weighted by Gasteiger charge is 2.13. The van der Waals surface area contributed by atoms with Crippen molar-refractivity contribution in [3.05, 3.63) is 60.2 Å². The van der Waals surface area contributed by atoms with Gasteiger partial charge in [0.2, 0.25) is 5.91 Å². The van der Waals surface area contributed by atoms with Crippen molar-refractivity contribution in [2.24, 2.45) is 0 Å². The molecule has 0 unspecified atom stereocenters. The molecule has 4 aromatic rings. The van der Waals surface area contributed by atoms with Gasteiger partial charge in [-0.15, -0.1) is 0 Å². The molecule has 0 fully saturated rings. The third kappa shape index (κ3) is 3.44. The second-order valence-electron chi connectivity index (χ2n) is 6.06. The number of nitrogens with zero attached hydrogens (tertiary/aromatic N) is 1. The second kappa shape index (κ2) is 7.25. The van der Waals surface area contributed by atoms with Crippen LogP contribution >= 0.6 is 11.3 Å². The molecule has 1 aromatic heterocycles. The molecule has 0 atom stereocenters. The van der Waals surface area contributed by atoms with Gasteiger partial charge in [0.25, 0.3) is 0 Å². The maximum atomic E-state index is 12.6. The van der Waals surface area contributed by atoms with Crippen molar-refractivity contribution in [3.63, 3.8) is 0 Å². The molecule has 6 heteroatoms. The highest BCUT2D eigenvalue weighted by molar-refractivity contribution is 7.22. The molecule has 1 heterocycles. The molecule has 0 aliphatic rings. The third-order valence-corrected chi connectivity index (χ3v) is 5.30. The van der Waals surface area contributed by atoms with Crippen LogP contribution in [0.4, 0.5) is 5.13 Å². The Balaban J connectivity index is 1.57. The molecule has 1 N–H and O–H groups in total. The number of nitrogens with one attached hydrogen (secondary N) is 1. The van der Waals surface area contributed by atoms with E-state index in [-0.39, 0.29) is 5.91 Å². The molecule has 3 aromatic carbocycles. The number of carbonyl (C=O) groups is 1. The van der Waals surface area contributed by atoms with Crippen molar-refractivity contribution < 1.29 is 14.3 Å². The number of anilines is 1. The maximum absolute atomic E-state index is 12.6. The second-order valence-corrected chi connectivity index (χ2v) is 7.09. The van der Waals surface area contributed by atoms with Crippen molar-refractivity contribution in [2.75, 3.05) is 19.5 Å². The largest absolute Gasteiger partial charge is 0.493 e. The number of hydrogen-bond donors (Lipinski definition) is 1. The minimum absolute atomic E-state index is 0.0932. The van der Waals surface area contributed by atoms with Gasteiger partial charge in [0, 0.05) is 12.1 Å². The predicted octanol–water partition coefficient (Wildman–Crippen LogP) is 4.65. The van der Waals surface area contributed by atoms with Gasteiger partial charge in [0.05, 0.1) is 30.9 Å². The van der Waals surface area contributed by atoms with Crippen LogP contribution in [-0.2, 0) is 11.2 Å². The van der Waals surface area contributed by atoms with Gasteiger partial charge in [-0.05, 0) is 16.3 Å². The Morgan fingerprint density at radius 2 is 1.78 bits per heavy atom. The number of thiazole rings is 1. The monoisotopic (exact) mass is 378 g/mol. The van der Waals surface area contributed by atoms with Gasteiger partial charge >= 0.3 is 0 Å². The number of hydrogen-bond acceptors (Lipinski definition) is 5. The first-order chi connectivity index (χ1) is 13.2. The zero-order valence-electron chi connectivity index (χ0n) is 15.0. The van der Waals surface area contributed by atoms with Gasteiger partial charge in [-0.25, -0.2) is 4.98 Å². The van der Waals surface area contributed by atoms with Crippen LogP contribution in [0.3, 0.4) is 0 Å². The number of fused-ring (bicyclic) bond motifs is 2. The molecule has 0 radical (unpaired) electrons. The number of ether oxygens (including phenoxy) is 2. The fourth-order valence-electron chi connectivity index (χ4n) is 3.09. The van der Waals surface area contributed by atoms with Gasteiger partial charge in [0.15, 0.2) is 16.6 Å². The molecule has 0 bridgehead atoms. The van der Waals surface area contributed by atoms with E-state index < -0.39 is 0 Å². The average molecular weight is 378 g/mol. The number of methoxy groups -OCH3 is 2. The SMILES string of the molecule is COc1cc2nc(NC(=O)Cc3cccc4ccccc34)sc2cc1OC. The topological polar surface area (TPSA) is 60.5 Å². The van der Waals surface area contributed by atoms with E-state index in [1.165, 1.54) is 11.3 Å². The maximum Gasteiger partial charge on any atom is 0.230 e. The van der Waals surface area contributed by atoms with Crippen LogP contribution in [0.5, 0.6) is 11.5 Å². The molecular formula is C21H18N2O3S. The van der Waals surface area contributed by atoms with Crippen molar-refractivity contribution in [1.29, 1.82) is 0 Å². The van der Waals surface area contributed by atoms with E-state index in [2.05, 4.69) is 10.3 Å². The summed E-state index contributed by atoms with van der Waals surface area (Å²) >= 11 is 1.41. The lowest BCUT2D eigenvalue weighted by molar-refractivity contribution is -0.115. The number of rotatable bonds is 5. The van der Waals surface area contributed by atoms with Gasteiger partial charge < -0.3 is 14.8 Å². The number of amides is 1. The Kier molecular flexibility index (Phi) is 4.64. The first kappa shape index (κ1) is 17.3. The molecule has 4 rings (SSSR count). The van der Waals surface area contributed by atoms with Gasteiger partial charge in [-0.2, -0.15) is 0 Å². The Morgan fingerprint density at radius 3 is 2.59 bits per heavy atom. The van der Waals surface area contributed by atoms with E-state index >= 15 is 0 Å². The summed E-state index contributed by atoms with van der Waals surface area (Å²) in [5.74, 6) is 1.16. The molecule has 136 valence electrons. The third-order valence-electron chi connectivity index (χ3n) is 4.37. The normalized spacial score (nSPS) is 10.9. The smallest absolute Gasteiger partial charge is 0.230 e. The molecule has 0 saturated heterocycles. The van der Waals surface area contributed by atoms with Crippen LogP contribution in [0.2, 0.25) is 0 Å². The average Bonchev–Trinajstić information content (AvgIpc) is 3.07. The number of aromatic nitrogens is 1. The van der Waals surface area contributed by atoms with E-state index in [0.29, 0.717) is 23.1 Å². The van der Waals surface area contributed by atoms with Gasteiger partial charge in [-0.1, -0.05) is 53.8 Å². The summed E-state index contributed by atoms with van der Waals surface area (Å²) in [6.45, 7) is 0. The lowest BCUT2D eigenvalue weighted by Gasteiger charge is -2.06. The van der Waals surface area contributed by atoms with Crippen LogP contribution in [0.25, 0.3) is 21.0 Å². The van der Waals surface area contributed by atoms with Gasteiger partial charge in [-0.3, -0.25) is 4.79 Å². The fraction of sp³-hybridized carbons (Fsp3) is 0.143. The molecule has 0 aliphatic carbocycles. The summed E-state index contributed by atoms with van der Waals surface area (Å²) in [6, 6.07) is 17.7. The molecule has 0 spiro atoms. The lowest BCUT2D eigenvalue weighted by Crippen LogP contribution is -2.14. The van der Waals surface area contributed by atoms with Crippen molar-refractivity contribution >= 4 is 43.4 Å². The van der Waals surface area contributed by atoms with E-state index in [1.54, 1.807) is 14.2 Å². The standard InChI is InChI=1S/C21H18N2O3S/c1-25-17-11-16-19(12-18(17)26-2)27-21(22-16)23-20(24)10-14-8-5-7-13-6-3-4-9-15(13)14/h3-9,11-12H,10H2,1-2H3,(H,22,23,24). The zero-order valence-corrected chi connectivity index (χ0v) is 15.8. The van der Waals surface area contributed by atoms with Crippen LogP contribution in [-0.4, -0.2) is 25.1 Å². The van der Waals surface area contributed by atoms with E-state index in [0.717, 1.165) is 26.6 Å². The summed E-state index contributed by atoms with van der Waals surface area (Å²) in [5.41, 5.74) is 1.76. The van der Waals surface area contributed by atoms with E-state index in [1.807, 2.05) is 54.6 Å². The Bertz CT molecular complexity index is 1090. The quantitative estimate of drug-likeness (QED) is 0.549. The minimum Gasteiger partial charge on any atom is -0.493 e. The van der Waals surface area contributed by atoms with Crippen LogP contribution < -0.4 is 14.8 Å². The van der Waals surface area contributed by atoms with Crippen LogP contribution in [0, 0.1) is 0 Å². The highest BCUT2D eigenvalue weighted by atomic mass is 32.1. The molecule has 0 aliphatic heterocycles. The zero-order chi connectivity index (χ0) is 18.8. The Hall–Kier alpha value is -3.12. The summed E-state index contributed by atoms with van der Waals surface area (Å²) in [7, 11) is 3.18. The summed E-state index contributed by atoms with van der Waals surface area (Å²) in [4.78, 5) is 17.0. The van der Waals surface area contributed by atoms with Crippen molar-refractivity contribution in [3.8, 4) is 11.5 Å². The molecule has 5 nitrogen and oxygen atoms in total. The van der Waals surface area contributed by atoms with Crippen LogP contribution in [0.1, 0.15) is 5.56 Å². The first-order valence-electron chi connectivity index (χ1n) is 8.47. The van der Waals surface area contributed by atoms with E-state index in [4.69, 9.17) is 9.47 Å². The molecular weight excluding hydrogens is 360 g/mol. The molecule has 0 saturated carbocycles. The van der Waals surface area contributed by atoms with Crippen molar-refractivity contribution in [2.45, 2.75) is 6.42 Å². The predicted molar refractivity (Wildman–Crippen MR) is 109 cm³/mol.